The Morgan fingerprint density at radius 1 is 0.589 bits per heavy atom. The van der Waals surface area contributed by atoms with Crippen LogP contribution in [0.2, 0.25) is 0 Å². The Kier molecular flexibility index (Phi) is 18.3. The van der Waals surface area contributed by atoms with Crippen LogP contribution in [0, 0.1) is 11.8 Å². The molecule has 0 atom stereocenters. The van der Waals surface area contributed by atoms with Crippen LogP contribution in [0.5, 0.6) is 23.0 Å². The van der Waals surface area contributed by atoms with Crippen LogP contribution < -0.4 is 19.7 Å². The Bertz CT molecular complexity index is 2780. The zero-order chi connectivity index (χ0) is 51.1. The number of nitrogens with zero attached hydrogens (tertiary/aromatic N) is 3. The van der Waals surface area contributed by atoms with Crippen LogP contribution in [-0.4, -0.2) is 119 Å². The maximum atomic E-state index is 14.0. The minimum atomic E-state index is -0.533. The highest BCUT2D eigenvalue weighted by Crippen LogP contribution is 2.41. The van der Waals surface area contributed by atoms with Gasteiger partial charge in [0, 0.05) is 41.9 Å². The summed E-state index contributed by atoms with van der Waals surface area (Å²) in [7, 11) is 2.68. The predicted octanol–water partition coefficient (Wildman–Crippen LogP) is 10.3. The molecule has 1 N–H and O–H groups in total. The second-order valence-electron chi connectivity index (χ2n) is 17.8. The molecule has 4 aromatic carbocycles. The monoisotopic (exact) mass is 1030 g/mol. The number of carbonyl (C=O) groups excluding carboxylic acids is 5. The number of para-hydroxylation sites is 2. The third kappa shape index (κ3) is 13.9. The SMILES string of the molecule is COC(=O)c1sc(-c2ccc(Oc3ccccc3)cc2)cc1N(CC(=O)N1CCOCC1)C(=O)C1CCC(C)CC1.COC(=O)c1sc(-c2ccc(Oc3ccccc3)cc2)cc1NCC(=O)N1CCOCC1. The van der Waals surface area contributed by atoms with Gasteiger partial charge >= 0.3 is 11.9 Å². The largest absolute Gasteiger partial charge is 0.465 e. The molecule has 9 rings (SSSR count). The van der Waals surface area contributed by atoms with Crippen molar-refractivity contribution in [3.63, 3.8) is 0 Å². The summed E-state index contributed by atoms with van der Waals surface area (Å²) in [6.07, 6.45) is 3.49. The Balaban J connectivity index is 0.000000201. The van der Waals surface area contributed by atoms with E-state index in [1.165, 1.54) is 41.8 Å². The van der Waals surface area contributed by atoms with Gasteiger partial charge in [-0.3, -0.25) is 14.4 Å². The number of benzene rings is 4. The lowest BCUT2D eigenvalue weighted by Gasteiger charge is -2.33. The van der Waals surface area contributed by atoms with Crippen LogP contribution in [0.15, 0.2) is 121 Å². The van der Waals surface area contributed by atoms with E-state index in [4.69, 9.17) is 28.4 Å². The van der Waals surface area contributed by atoms with Crippen molar-refractivity contribution >= 4 is 63.7 Å². The summed E-state index contributed by atoms with van der Waals surface area (Å²) >= 11 is 2.58. The molecule has 0 spiro atoms. The summed E-state index contributed by atoms with van der Waals surface area (Å²) in [5, 5.41) is 3.11. The van der Waals surface area contributed by atoms with Gasteiger partial charge in [0.15, 0.2) is 0 Å². The van der Waals surface area contributed by atoms with Gasteiger partial charge in [-0.05, 0) is 128 Å². The molecular weight excluding hydrogens is 969 g/mol. The van der Waals surface area contributed by atoms with E-state index in [0.29, 0.717) is 85.4 Å². The number of anilines is 2. The first-order valence-electron chi connectivity index (χ1n) is 24.4. The molecule has 2 aliphatic heterocycles. The number of carbonyl (C=O) groups is 5. The lowest BCUT2D eigenvalue weighted by molar-refractivity contribution is -0.135. The summed E-state index contributed by atoms with van der Waals surface area (Å²) in [5.41, 5.74) is 2.81. The summed E-state index contributed by atoms with van der Waals surface area (Å²) in [5.74, 6) is 2.03. The minimum Gasteiger partial charge on any atom is -0.465 e. The fraction of sp³-hybridized carbons (Fsp3) is 0.339. The number of hydrogen-bond donors (Lipinski definition) is 1. The quantitative estimate of drug-likeness (QED) is 0.0971. The fourth-order valence-electron chi connectivity index (χ4n) is 8.65. The Labute approximate surface area is 433 Å². The molecule has 382 valence electrons. The van der Waals surface area contributed by atoms with Crippen LogP contribution in [-0.2, 0) is 33.3 Å². The maximum absolute atomic E-state index is 14.0. The van der Waals surface area contributed by atoms with E-state index in [9.17, 15) is 24.0 Å². The normalized spacial score (nSPS) is 16.5. The Morgan fingerprint density at radius 3 is 1.55 bits per heavy atom. The third-order valence-corrected chi connectivity index (χ3v) is 15.1. The molecule has 2 aromatic heterocycles. The summed E-state index contributed by atoms with van der Waals surface area (Å²) in [4.78, 5) is 72.6. The minimum absolute atomic E-state index is 0.0284. The van der Waals surface area contributed by atoms with Gasteiger partial charge in [-0.1, -0.05) is 43.3 Å². The molecule has 3 aliphatic rings. The molecule has 0 bridgehead atoms. The van der Waals surface area contributed by atoms with Crippen molar-refractivity contribution in [3.8, 4) is 43.9 Å². The van der Waals surface area contributed by atoms with Crippen molar-refractivity contribution in [3.05, 3.63) is 131 Å². The van der Waals surface area contributed by atoms with E-state index >= 15 is 0 Å². The van der Waals surface area contributed by atoms with E-state index in [-0.39, 0.29) is 36.7 Å². The smallest absolute Gasteiger partial charge is 0.350 e. The van der Waals surface area contributed by atoms with Gasteiger partial charge in [-0.25, -0.2) is 9.59 Å². The number of hydrogen-bond acceptors (Lipinski definition) is 14. The van der Waals surface area contributed by atoms with Gasteiger partial charge in [0.1, 0.15) is 39.3 Å². The first kappa shape index (κ1) is 52.3. The first-order valence-corrected chi connectivity index (χ1v) is 26.1. The van der Waals surface area contributed by atoms with Gasteiger partial charge in [-0.15, -0.1) is 22.7 Å². The zero-order valence-electron chi connectivity index (χ0n) is 41.3. The average Bonchev–Trinajstić information content (AvgIpc) is 4.09. The molecule has 1 saturated carbocycles. The van der Waals surface area contributed by atoms with Crippen LogP contribution in [0.1, 0.15) is 52.0 Å². The number of esters is 2. The van der Waals surface area contributed by atoms with Crippen molar-refractivity contribution in [1.82, 2.24) is 9.80 Å². The second kappa shape index (κ2) is 25.6. The zero-order valence-corrected chi connectivity index (χ0v) is 42.9. The van der Waals surface area contributed by atoms with Gasteiger partial charge in [-0.2, -0.15) is 0 Å². The van der Waals surface area contributed by atoms with E-state index in [1.807, 2.05) is 121 Å². The number of morpholine rings is 2. The lowest BCUT2D eigenvalue weighted by atomic mass is 9.82. The summed E-state index contributed by atoms with van der Waals surface area (Å²) in [6, 6.07) is 38.0. The molecule has 17 heteroatoms. The van der Waals surface area contributed by atoms with Gasteiger partial charge in [0.25, 0.3) is 0 Å². The molecule has 15 nitrogen and oxygen atoms in total. The molecule has 0 unspecified atom stereocenters. The standard InChI is InChI=1S/C32H36N2O6S.C24H24N2O5S/c1-22-8-10-24(11-9-22)31(36)34(21-29(35)33-16-18-39-19-17-33)27-20-28(41-30(27)32(37)38-2)23-12-14-26(15-13-23)40-25-6-4-3-5-7-25;1-29-24(28)23-20(25-16-22(27)26-11-13-30-14-12-26)15-21(32-23)17-7-9-19(10-8-17)31-18-5-3-2-4-6-18/h3-7,12-15,20,22,24H,8-11,16-19,21H2,1-2H3;2-10,15,25H,11-14,16H2,1H3. The van der Waals surface area contributed by atoms with E-state index < -0.39 is 11.9 Å². The van der Waals surface area contributed by atoms with Crippen molar-refractivity contribution < 1.29 is 52.4 Å². The number of methoxy groups -OCH3 is 2. The van der Waals surface area contributed by atoms with Gasteiger partial charge < -0.3 is 48.4 Å². The molecule has 4 heterocycles. The second-order valence-corrected chi connectivity index (χ2v) is 19.9. The molecule has 6 aromatic rings. The summed E-state index contributed by atoms with van der Waals surface area (Å²) < 4.78 is 32.5. The van der Waals surface area contributed by atoms with Gasteiger partial charge in [0.05, 0.1) is 58.6 Å². The van der Waals surface area contributed by atoms with Crippen LogP contribution >= 0.6 is 22.7 Å². The fourth-order valence-corrected chi connectivity index (χ4v) is 10.8. The predicted molar refractivity (Wildman–Crippen MR) is 282 cm³/mol. The molecular formula is C56H60N4O11S2. The van der Waals surface area contributed by atoms with Crippen molar-refractivity contribution in [2.24, 2.45) is 11.8 Å². The number of amides is 3. The van der Waals surface area contributed by atoms with E-state index in [0.717, 1.165) is 63.8 Å². The molecule has 1 aliphatic carbocycles. The Hall–Kier alpha value is -7.05. The topological polar surface area (TPSA) is 162 Å². The van der Waals surface area contributed by atoms with Crippen molar-refractivity contribution in [1.29, 1.82) is 0 Å². The molecule has 3 fully saturated rings. The number of ether oxygens (including phenoxy) is 6. The lowest BCUT2D eigenvalue weighted by Crippen LogP contribution is -2.49. The van der Waals surface area contributed by atoms with E-state index in [2.05, 4.69) is 12.2 Å². The number of nitrogens with one attached hydrogen (secondary N) is 1. The van der Waals surface area contributed by atoms with Crippen LogP contribution in [0.4, 0.5) is 11.4 Å². The van der Waals surface area contributed by atoms with Crippen LogP contribution in [0.25, 0.3) is 20.9 Å². The highest BCUT2D eigenvalue weighted by molar-refractivity contribution is 7.18. The van der Waals surface area contributed by atoms with Crippen LogP contribution in [0.3, 0.4) is 0 Å². The maximum Gasteiger partial charge on any atom is 0.350 e. The number of thiophene rings is 2. The molecule has 2 saturated heterocycles. The highest BCUT2D eigenvalue weighted by Gasteiger charge is 2.35. The molecule has 0 radical (unpaired) electrons. The molecule has 73 heavy (non-hydrogen) atoms. The average molecular weight is 1030 g/mol. The van der Waals surface area contributed by atoms with Crippen molar-refractivity contribution in [2.45, 2.75) is 32.6 Å². The van der Waals surface area contributed by atoms with Gasteiger partial charge in [0.2, 0.25) is 17.7 Å². The summed E-state index contributed by atoms with van der Waals surface area (Å²) in [6.45, 7) is 6.34. The number of rotatable bonds is 15. The van der Waals surface area contributed by atoms with Crippen molar-refractivity contribution in [2.75, 3.05) is 90.1 Å². The highest BCUT2D eigenvalue weighted by atomic mass is 32.1. The first-order chi connectivity index (χ1) is 35.6. The molecule has 3 amide bonds. The Morgan fingerprint density at radius 2 is 1.04 bits per heavy atom. The third-order valence-electron chi connectivity index (χ3n) is 12.8. The van der Waals surface area contributed by atoms with E-state index in [1.54, 1.807) is 9.80 Å².